The fourth-order valence-corrected chi connectivity index (χ4v) is 6.65. The first-order chi connectivity index (χ1) is 20.3. The number of fused-ring (bicyclic) bond motifs is 2. The molecule has 0 radical (unpaired) electrons. The topological polar surface area (TPSA) is 146 Å². The standard InChI is InChI=1S/C28H36FN3O9S2/c1-18-22-14-23-25(15-24(22)32(43(5,35)36)16-21(40-18)17-42(4,33)34)41-27(19-6-8-20(29)9-7-19)26(23)28(30-2)31-39-13-12-38-11-10-37-3/h6-9,14-15,18,21H,10-13,16-17H2,1-5H3,(H,30,31)/t18-,21-/m0/s1. The first-order valence-corrected chi connectivity index (χ1v) is 17.3. The van der Waals surface area contributed by atoms with Crippen molar-refractivity contribution in [2.45, 2.75) is 19.1 Å². The number of rotatable bonds is 12. The monoisotopic (exact) mass is 641 g/mol. The Bertz CT molecular complexity index is 1670. The number of aliphatic imine (C=N–C) groups is 1. The molecule has 3 aromatic rings. The Morgan fingerprint density at radius 3 is 2.42 bits per heavy atom. The Morgan fingerprint density at radius 2 is 1.79 bits per heavy atom. The largest absolute Gasteiger partial charge is 0.455 e. The number of halogens is 1. The van der Waals surface area contributed by atoms with Gasteiger partial charge in [-0.25, -0.2) is 26.7 Å². The second kappa shape index (κ2) is 13.7. The van der Waals surface area contributed by atoms with Crippen molar-refractivity contribution < 1.29 is 44.7 Å². The molecule has 4 rings (SSSR count). The highest BCUT2D eigenvalue weighted by atomic mass is 32.2. The zero-order valence-corrected chi connectivity index (χ0v) is 26.3. The van der Waals surface area contributed by atoms with Crippen molar-refractivity contribution in [3.8, 4) is 11.3 Å². The molecule has 1 aromatic heterocycles. The first-order valence-electron chi connectivity index (χ1n) is 13.4. The summed E-state index contributed by atoms with van der Waals surface area (Å²) in [6.45, 7) is 2.88. The van der Waals surface area contributed by atoms with Gasteiger partial charge in [0.15, 0.2) is 5.84 Å². The molecule has 2 heterocycles. The van der Waals surface area contributed by atoms with E-state index in [0.717, 1.165) is 16.8 Å². The third-order valence-corrected chi connectivity index (χ3v) is 8.82. The maximum atomic E-state index is 13.8. The Morgan fingerprint density at radius 1 is 1.09 bits per heavy atom. The molecule has 0 saturated carbocycles. The molecule has 0 unspecified atom stereocenters. The van der Waals surface area contributed by atoms with Crippen LogP contribution >= 0.6 is 0 Å². The van der Waals surface area contributed by atoms with Crippen LogP contribution in [0.4, 0.5) is 10.1 Å². The SMILES string of the molecule is CN=C(NOCCOCCOC)c1c(-c2ccc(F)cc2)oc2cc3c(cc12)[C@H](C)O[C@H](CS(C)(=O)=O)CN3S(C)(=O)=O. The fourth-order valence-electron chi connectivity index (χ4n) is 4.83. The summed E-state index contributed by atoms with van der Waals surface area (Å²) in [7, 11) is -4.18. The fraction of sp³-hybridized carbons (Fsp3) is 0.464. The normalized spacial score (nSPS) is 18.1. The molecule has 0 aliphatic carbocycles. The zero-order valence-electron chi connectivity index (χ0n) is 24.6. The highest BCUT2D eigenvalue weighted by Crippen LogP contribution is 2.42. The number of hydrogen-bond donors (Lipinski definition) is 1. The Hall–Kier alpha value is -3.08. The number of amidine groups is 1. The van der Waals surface area contributed by atoms with E-state index in [4.69, 9.17) is 23.5 Å². The maximum Gasteiger partial charge on any atom is 0.232 e. The minimum absolute atomic E-state index is 0.190. The second-order valence-electron chi connectivity index (χ2n) is 10.1. The van der Waals surface area contributed by atoms with E-state index < -0.39 is 37.9 Å². The smallest absolute Gasteiger partial charge is 0.232 e. The molecule has 0 saturated heterocycles. The van der Waals surface area contributed by atoms with Crippen molar-refractivity contribution in [3.63, 3.8) is 0 Å². The van der Waals surface area contributed by atoms with E-state index in [2.05, 4.69) is 10.5 Å². The van der Waals surface area contributed by atoms with E-state index in [-0.39, 0.29) is 18.9 Å². The van der Waals surface area contributed by atoms with Crippen LogP contribution in [0.2, 0.25) is 0 Å². The van der Waals surface area contributed by atoms with Crippen molar-refractivity contribution in [1.29, 1.82) is 0 Å². The number of hydroxylamine groups is 1. The molecule has 12 nitrogen and oxygen atoms in total. The van der Waals surface area contributed by atoms with Crippen LogP contribution in [0.3, 0.4) is 0 Å². The van der Waals surface area contributed by atoms with Gasteiger partial charge < -0.3 is 18.6 Å². The highest BCUT2D eigenvalue weighted by Gasteiger charge is 2.35. The molecule has 0 spiro atoms. The number of sulfone groups is 1. The molecule has 43 heavy (non-hydrogen) atoms. The highest BCUT2D eigenvalue weighted by molar-refractivity contribution is 7.92. The second-order valence-corrected chi connectivity index (χ2v) is 14.2. The summed E-state index contributed by atoms with van der Waals surface area (Å²) >= 11 is 0. The molecule has 2 atom stereocenters. The van der Waals surface area contributed by atoms with Gasteiger partial charge in [-0.2, -0.15) is 0 Å². The molecule has 1 aliphatic heterocycles. The van der Waals surface area contributed by atoms with Crippen LogP contribution in [0.25, 0.3) is 22.3 Å². The van der Waals surface area contributed by atoms with Gasteiger partial charge in [-0.05, 0) is 37.3 Å². The number of nitrogens with one attached hydrogen (secondary N) is 1. The summed E-state index contributed by atoms with van der Waals surface area (Å²) in [5.41, 5.74) is 5.01. The molecule has 0 fully saturated rings. The van der Waals surface area contributed by atoms with Crippen LogP contribution in [-0.2, 0) is 38.9 Å². The lowest BCUT2D eigenvalue weighted by atomic mass is 10.0. The number of furan rings is 1. The molecule has 2 aromatic carbocycles. The molecular formula is C28H36FN3O9S2. The molecule has 0 bridgehead atoms. The number of benzene rings is 2. The minimum atomic E-state index is -3.85. The Labute approximate surface area is 250 Å². The van der Waals surface area contributed by atoms with Crippen LogP contribution < -0.4 is 9.79 Å². The molecule has 1 N–H and O–H groups in total. The van der Waals surface area contributed by atoms with Crippen LogP contribution in [0.1, 0.15) is 24.2 Å². The predicted octanol–water partition coefficient (Wildman–Crippen LogP) is 3.07. The molecule has 236 valence electrons. The van der Waals surface area contributed by atoms with Crippen molar-refractivity contribution >= 4 is 42.4 Å². The number of sulfonamides is 1. The van der Waals surface area contributed by atoms with Gasteiger partial charge in [-0.15, -0.1) is 0 Å². The van der Waals surface area contributed by atoms with E-state index >= 15 is 0 Å². The first kappa shape index (κ1) is 32.8. The van der Waals surface area contributed by atoms with Gasteiger partial charge in [0, 0.05) is 43.0 Å². The zero-order chi connectivity index (χ0) is 31.4. The van der Waals surface area contributed by atoms with Crippen LogP contribution in [0, 0.1) is 5.82 Å². The van der Waals surface area contributed by atoms with Crippen molar-refractivity contribution in [1.82, 2.24) is 5.48 Å². The van der Waals surface area contributed by atoms with Crippen molar-refractivity contribution in [2.24, 2.45) is 4.99 Å². The molecule has 0 amide bonds. The lowest BCUT2D eigenvalue weighted by Crippen LogP contribution is -2.39. The van der Waals surface area contributed by atoms with Gasteiger partial charge in [0.1, 0.15) is 27.0 Å². The van der Waals surface area contributed by atoms with Gasteiger partial charge in [-0.3, -0.25) is 14.1 Å². The summed E-state index contributed by atoms with van der Waals surface area (Å²) in [4.78, 5) is 9.98. The minimum Gasteiger partial charge on any atom is -0.455 e. The Balaban J connectivity index is 1.82. The molecule has 15 heteroatoms. The van der Waals surface area contributed by atoms with Crippen molar-refractivity contribution in [2.75, 3.05) is 69.7 Å². The number of anilines is 1. The van der Waals surface area contributed by atoms with E-state index in [1.165, 1.54) is 12.1 Å². The summed E-state index contributed by atoms with van der Waals surface area (Å²) in [6, 6.07) is 9.04. The third-order valence-electron chi connectivity index (χ3n) is 6.70. The van der Waals surface area contributed by atoms with Gasteiger partial charge in [-0.1, -0.05) is 0 Å². The lowest BCUT2D eigenvalue weighted by Gasteiger charge is -2.24. The van der Waals surface area contributed by atoms with E-state index in [0.29, 0.717) is 64.8 Å². The van der Waals surface area contributed by atoms with Gasteiger partial charge in [0.2, 0.25) is 10.0 Å². The number of methoxy groups -OCH3 is 1. The third kappa shape index (κ3) is 8.10. The van der Waals surface area contributed by atoms with Crippen molar-refractivity contribution in [3.05, 3.63) is 53.3 Å². The molecular weight excluding hydrogens is 605 g/mol. The predicted molar refractivity (Wildman–Crippen MR) is 161 cm³/mol. The van der Waals surface area contributed by atoms with Crippen LogP contribution in [0.15, 0.2) is 45.8 Å². The maximum absolute atomic E-state index is 13.8. The van der Waals surface area contributed by atoms with Gasteiger partial charge in [0.25, 0.3) is 0 Å². The summed E-state index contributed by atoms with van der Waals surface area (Å²) < 4.78 is 87.8. The number of ether oxygens (including phenoxy) is 3. The summed E-state index contributed by atoms with van der Waals surface area (Å²) in [5, 5.41) is 0.552. The average Bonchev–Trinajstić information content (AvgIpc) is 3.23. The van der Waals surface area contributed by atoms with E-state index in [1.54, 1.807) is 45.3 Å². The van der Waals surface area contributed by atoms with Gasteiger partial charge in [0.05, 0.1) is 68.4 Å². The van der Waals surface area contributed by atoms with Gasteiger partial charge >= 0.3 is 0 Å². The quantitative estimate of drug-likeness (QED) is 0.136. The van der Waals surface area contributed by atoms with E-state index in [1.807, 2.05) is 0 Å². The average molecular weight is 642 g/mol. The van der Waals surface area contributed by atoms with E-state index in [9.17, 15) is 21.2 Å². The number of hydrogen-bond acceptors (Lipinski definition) is 10. The number of nitrogens with zero attached hydrogens (tertiary/aromatic N) is 2. The van der Waals surface area contributed by atoms with Crippen LogP contribution in [-0.4, -0.2) is 94.2 Å². The summed E-state index contributed by atoms with van der Waals surface area (Å²) in [6.07, 6.45) is 0.549. The summed E-state index contributed by atoms with van der Waals surface area (Å²) in [5.74, 6) is -0.133. The lowest BCUT2D eigenvalue weighted by molar-refractivity contribution is 0.00640. The van der Waals surface area contributed by atoms with Crippen LogP contribution in [0.5, 0.6) is 0 Å². The molecule has 1 aliphatic rings. The Kier molecular flexibility index (Phi) is 10.5.